The molecule has 2 heterocycles. The van der Waals surface area contributed by atoms with Crippen LogP contribution in [-0.2, 0) is 6.54 Å². The zero-order chi connectivity index (χ0) is 16.2. The van der Waals surface area contributed by atoms with Gasteiger partial charge < -0.3 is 10.6 Å². The van der Waals surface area contributed by atoms with Crippen LogP contribution in [0.4, 0.5) is 5.69 Å². The van der Waals surface area contributed by atoms with Crippen LogP contribution in [0.3, 0.4) is 0 Å². The molecule has 5 nitrogen and oxygen atoms in total. The number of hydrogen-bond acceptors (Lipinski definition) is 4. The van der Waals surface area contributed by atoms with Crippen LogP contribution in [-0.4, -0.2) is 46.9 Å². The van der Waals surface area contributed by atoms with Gasteiger partial charge in [-0.05, 0) is 35.9 Å². The van der Waals surface area contributed by atoms with E-state index in [1.165, 1.54) is 5.56 Å². The number of nitrogen functional groups attached to an aromatic ring is 1. The molecule has 6 heteroatoms. The molecule has 23 heavy (non-hydrogen) atoms. The van der Waals surface area contributed by atoms with Gasteiger partial charge in [0.05, 0.1) is 10.6 Å². The van der Waals surface area contributed by atoms with Gasteiger partial charge in [0.1, 0.15) is 0 Å². The summed E-state index contributed by atoms with van der Waals surface area (Å²) in [5.74, 6) is -0.0291. The van der Waals surface area contributed by atoms with Crippen molar-refractivity contribution >= 4 is 23.2 Å². The van der Waals surface area contributed by atoms with E-state index in [2.05, 4.69) is 9.88 Å². The lowest BCUT2D eigenvalue weighted by molar-refractivity contribution is 0.0628. The summed E-state index contributed by atoms with van der Waals surface area (Å²) in [7, 11) is 0. The summed E-state index contributed by atoms with van der Waals surface area (Å²) < 4.78 is 0. The molecule has 1 aromatic heterocycles. The van der Waals surface area contributed by atoms with Crippen molar-refractivity contribution in [2.45, 2.75) is 6.54 Å². The summed E-state index contributed by atoms with van der Waals surface area (Å²) in [6.07, 6.45) is 3.61. The van der Waals surface area contributed by atoms with E-state index in [0.29, 0.717) is 29.4 Å². The Hall–Kier alpha value is -2.11. The fraction of sp³-hybridized carbons (Fsp3) is 0.294. The lowest BCUT2D eigenvalue weighted by Crippen LogP contribution is -2.48. The zero-order valence-electron chi connectivity index (χ0n) is 12.8. The third kappa shape index (κ3) is 3.81. The van der Waals surface area contributed by atoms with Crippen molar-refractivity contribution in [3.8, 4) is 0 Å². The minimum atomic E-state index is -0.0291. The highest BCUT2D eigenvalue weighted by Gasteiger charge is 2.23. The minimum absolute atomic E-state index is 0.0291. The van der Waals surface area contributed by atoms with Gasteiger partial charge in [0.15, 0.2) is 0 Å². The second kappa shape index (κ2) is 6.98. The van der Waals surface area contributed by atoms with Gasteiger partial charge in [0.2, 0.25) is 0 Å². The summed E-state index contributed by atoms with van der Waals surface area (Å²) in [6.45, 7) is 3.98. The number of anilines is 1. The number of amides is 1. The van der Waals surface area contributed by atoms with Crippen LogP contribution >= 0.6 is 11.6 Å². The van der Waals surface area contributed by atoms with Crippen molar-refractivity contribution < 1.29 is 4.79 Å². The van der Waals surface area contributed by atoms with Crippen LogP contribution in [0.15, 0.2) is 42.7 Å². The summed E-state index contributed by atoms with van der Waals surface area (Å²) in [5, 5.41) is 0.411. The molecular formula is C17H19ClN4O. The van der Waals surface area contributed by atoms with E-state index in [1.807, 2.05) is 17.0 Å². The SMILES string of the molecule is Nc1ccc(C(=O)N2CCN(Cc3ccncc3)CC2)c(Cl)c1. The van der Waals surface area contributed by atoms with Crippen molar-refractivity contribution in [3.63, 3.8) is 0 Å². The molecule has 0 aliphatic carbocycles. The molecule has 2 N–H and O–H groups in total. The van der Waals surface area contributed by atoms with Crippen LogP contribution in [0.5, 0.6) is 0 Å². The average molecular weight is 331 g/mol. The standard InChI is InChI=1S/C17H19ClN4O/c18-16-11-14(19)1-2-15(16)17(23)22-9-7-21(8-10-22)12-13-3-5-20-6-4-13/h1-6,11H,7-10,12,19H2. The molecule has 120 valence electrons. The van der Waals surface area contributed by atoms with E-state index in [9.17, 15) is 4.79 Å². The van der Waals surface area contributed by atoms with Gasteiger partial charge in [0.25, 0.3) is 5.91 Å². The molecule has 1 amide bonds. The molecule has 0 unspecified atom stereocenters. The molecule has 1 aliphatic rings. The smallest absolute Gasteiger partial charge is 0.255 e. The number of hydrogen-bond donors (Lipinski definition) is 1. The molecule has 1 fully saturated rings. The van der Waals surface area contributed by atoms with Gasteiger partial charge in [-0.15, -0.1) is 0 Å². The monoisotopic (exact) mass is 330 g/mol. The highest BCUT2D eigenvalue weighted by Crippen LogP contribution is 2.21. The third-order valence-corrected chi connectivity index (χ3v) is 4.35. The topological polar surface area (TPSA) is 62.5 Å². The molecule has 0 radical (unpaired) electrons. The fourth-order valence-electron chi connectivity index (χ4n) is 2.73. The van der Waals surface area contributed by atoms with Crippen molar-refractivity contribution in [3.05, 3.63) is 58.9 Å². The molecule has 1 saturated heterocycles. The van der Waals surface area contributed by atoms with E-state index in [4.69, 9.17) is 17.3 Å². The number of piperazine rings is 1. The second-order valence-corrected chi connectivity index (χ2v) is 6.07. The van der Waals surface area contributed by atoms with Crippen LogP contribution in [0.25, 0.3) is 0 Å². The van der Waals surface area contributed by atoms with Crippen LogP contribution in [0, 0.1) is 0 Å². The zero-order valence-corrected chi connectivity index (χ0v) is 13.5. The molecule has 0 spiro atoms. The first kappa shape index (κ1) is 15.8. The summed E-state index contributed by atoms with van der Waals surface area (Å²) in [6, 6.07) is 9.06. The molecule has 1 aliphatic heterocycles. The number of halogens is 1. The van der Waals surface area contributed by atoms with Crippen molar-refractivity contribution in [1.82, 2.24) is 14.8 Å². The maximum atomic E-state index is 12.6. The fourth-order valence-corrected chi connectivity index (χ4v) is 3.00. The van der Waals surface area contributed by atoms with Crippen LogP contribution in [0.1, 0.15) is 15.9 Å². The highest BCUT2D eigenvalue weighted by molar-refractivity contribution is 6.34. The summed E-state index contributed by atoms with van der Waals surface area (Å²) in [4.78, 5) is 20.8. The molecule has 0 atom stereocenters. The highest BCUT2D eigenvalue weighted by atomic mass is 35.5. The van der Waals surface area contributed by atoms with Crippen LogP contribution in [0.2, 0.25) is 5.02 Å². The number of pyridine rings is 1. The largest absolute Gasteiger partial charge is 0.399 e. The van der Waals surface area contributed by atoms with Crippen molar-refractivity contribution in [2.24, 2.45) is 0 Å². The van der Waals surface area contributed by atoms with E-state index < -0.39 is 0 Å². The molecule has 0 bridgehead atoms. The van der Waals surface area contributed by atoms with Gasteiger partial charge in [-0.3, -0.25) is 14.7 Å². The van der Waals surface area contributed by atoms with E-state index in [1.54, 1.807) is 30.6 Å². The minimum Gasteiger partial charge on any atom is -0.399 e. The van der Waals surface area contributed by atoms with Gasteiger partial charge in [-0.1, -0.05) is 11.6 Å². The Bertz CT molecular complexity index is 684. The third-order valence-electron chi connectivity index (χ3n) is 4.04. The maximum absolute atomic E-state index is 12.6. The van der Waals surface area contributed by atoms with Gasteiger partial charge in [0, 0.05) is 50.8 Å². The van der Waals surface area contributed by atoms with E-state index >= 15 is 0 Å². The number of rotatable bonds is 3. The maximum Gasteiger partial charge on any atom is 0.255 e. The predicted molar refractivity (Wildman–Crippen MR) is 91.3 cm³/mol. The van der Waals surface area contributed by atoms with Crippen molar-refractivity contribution in [2.75, 3.05) is 31.9 Å². The Morgan fingerprint density at radius 3 is 2.48 bits per heavy atom. The Kier molecular flexibility index (Phi) is 4.79. The van der Waals surface area contributed by atoms with Crippen LogP contribution < -0.4 is 5.73 Å². The Labute approximate surface area is 140 Å². The number of carbonyl (C=O) groups is 1. The second-order valence-electron chi connectivity index (χ2n) is 5.66. The quantitative estimate of drug-likeness (QED) is 0.877. The lowest BCUT2D eigenvalue weighted by atomic mass is 10.1. The molecule has 3 rings (SSSR count). The van der Waals surface area contributed by atoms with Crippen molar-refractivity contribution in [1.29, 1.82) is 0 Å². The lowest BCUT2D eigenvalue weighted by Gasteiger charge is -2.35. The van der Waals surface area contributed by atoms with E-state index in [0.717, 1.165) is 19.6 Å². The molecular weight excluding hydrogens is 312 g/mol. The Balaban J connectivity index is 1.59. The number of nitrogens with two attached hydrogens (primary N) is 1. The number of aromatic nitrogens is 1. The normalized spacial score (nSPS) is 15.6. The molecule has 0 saturated carbocycles. The van der Waals surface area contributed by atoms with Gasteiger partial charge in [-0.25, -0.2) is 0 Å². The Morgan fingerprint density at radius 1 is 1.13 bits per heavy atom. The van der Waals surface area contributed by atoms with Gasteiger partial charge >= 0.3 is 0 Å². The summed E-state index contributed by atoms with van der Waals surface area (Å²) >= 11 is 6.14. The molecule has 2 aromatic rings. The predicted octanol–water partition coefficient (Wildman–Crippen LogP) is 2.28. The first-order valence-electron chi connectivity index (χ1n) is 7.59. The summed E-state index contributed by atoms with van der Waals surface area (Å²) in [5.41, 5.74) is 8.00. The first-order valence-corrected chi connectivity index (χ1v) is 7.97. The molecule has 1 aromatic carbocycles. The Morgan fingerprint density at radius 2 is 1.83 bits per heavy atom. The number of benzene rings is 1. The first-order chi connectivity index (χ1) is 11.1. The average Bonchev–Trinajstić information content (AvgIpc) is 2.56. The number of carbonyl (C=O) groups excluding carboxylic acids is 1. The van der Waals surface area contributed by atoms with Gasteiger partial charge in [-0.2, -0.15) is 0 Å². The van der Waals surface area contributed by atoms with E-state index in [-0.39, 0.29) is 5.91 Å². The number of nitrogens with zero attached hydrogens (tertiary/aromatic N) is 3.